The lowest BCUT2D eigenvalue weighted by molar-refractivity contribution is 0.0655. The number of likely N-dealkylation sites (N-methyl/N-ethyl adjacent to an activating group) is 1. The molecule has 0 unspecified atom stereocenters. The number of amides is 1. The third-order valence-corrected chi connectivity index (χ3v) is 4.10. The Morgan fingerprint density at radius 2 is 1.74 bits per heavy atom. The van der Waals surface area contributed by atoms with Crippen LogP contribution in [0.15, 0.2) is 41.2 Å². The molecule has 23 heavy (non-hydrogen) atoms. The highest BCUT2D eigenvalue weighted by Crippen LogP contribution is 2.09. The van der Waals surface area contributed by atoms with Crippen molar-refractivity contribution in [1.82, 2.24) is 19.6 Å². The second-order valence-corrected chi connectivity index (χ2v) is 5.84. The Balaban J connectivity index is 1.96. The normalized spacial score (nSPS) is 15.7. The van der Waals surface area contributed by atoms with Gasteiger partial charge in [0, 0.05) is 37.9 Å². The average Bonchev–Trinajstić information content (AvgIpc) is 2.56. The lowest BCUT2D eigenvalue weighted by Gasteiger charge is -2.32. The second-order valence-electron chi connectivity index (χ2n) is 5.84. The maximum absolute atomic E-state index is 12.7. The third kappa shape index (κ3) is 3.17. The molecule has 0 atom stereocenters. The molecule has 0 saturated carbocycles. The van der Waals surface area contributed by atoms with Crippen molar-refractivity contribution in [3.8, 4) is 5.69 Å². The minimum absolute atomic E-state index is 0.0102. The fourth-order valence-corrected chi connectivity index (χ4v) is 2.69. The van der Waals surface area contributed by atoms with Crippen molar-refractivity contribution in [2.24, 2.45) is 0 Å². The van der Waals surface area contributed by atoms with Gasteiger partial charge in [0.15, 0.2) is 5.69 Å². The summed E-state index contributed by atoms with van der Waals surface area (Å²) in [7, 11) is 2.02. The average molecular weight is 312 g/mol. The number of benzene rings is 1. The summed E-state index contributed by atoms with van der Waals surface area (Å²) < 4.78 is 1.64. The lowest BCUT2D eigenvalue weighted by atomic mass is 10.2. The summed E-state index contributed by atoms with van der Waals surface area (Å²) in [6, 6.07) is 11.0. The Kier molecular flexibility index (Phi) is 4.25. The second kappa shape index (κ2) is 6.34. The zero-order valence-corrected chi connectivity index (χ0v) is 13.4. The van der Waals surface area contributed by atoms with Crippen molar-refractivity contribution in [2.75, 3.05) is 33.2 Å². The van der Waals surface area contributed by atoms with E-state index in [1.165, 1.54) is 6.07 Å². The van der Waals surface area contributed by atoms with E-state index in [1.807, 2.05) is 44.3 Å². The van der Waals surface area contributed by atoms with Crippen molar-refractivity contribution in [2.45, 2.75) is 6.92 Å². The molecule has 3 rings (SSSR count). The van der Waals surface area contributed by atoms with E-state index >= 15 is 0 Å². The van der Waals surface area contributed by atoms with E-state index < -0.39 is 0 Å². The molecule has 1 aromatic carbocycles. The van der Waals surface area contributed by atoms with Crippen molar-refractivity contribution in [1.29, 1.82) is 0 Å². The Bertz CT molecular complexity index is 762. The number of piperazine rings is 1. The van der Waals surface area contributed by atoms with Crippen molar-refractivity contribution < 1.29 is 4.79 Å². The van der Waals surface area contributed by atoms with Gasteiger partial charge < -0.3 is 9.80 Å². The van der Waals surface area contributed by atoms with Crippen molar-refractivity contribution in [3.63, 3.8) is 0 Å². The molecule has 2 heterocycles. The number of carbonyl (C=O) groups is 1. The number of nitrogens with zero attached hydrogens (tertiary/aromatic N) is 4. The summed E-state index contributed by atoms with van der Waals surface area (Å²) in [6.07, 6.45) is 0. The number of rotatable bonds is 2. The molecule has 1 aromatic heterocycles. The van der Waals surface area contributed by atoms with Gasteiger partial charge in [-0.3, -0.25) is 9.59 Å². The molecule has 6 nitrogen and oxygen atoms in total. The van der Waals surface area contributed by atoms with E-state index in [1.54, 1.807) is 9.58 Å². The van der Waals surface area contributed by atoms with Gasteiger partial charge in [-0.1, -0.05) is 18.2 Å². The van der Waals surface area contributed by atoms with E-state index in [-0.39, 0.29) is 17.0 Å². The minimum Gasteiger partial charge on any atom is -0.335 e. The van der Waals surface area contributed by atoms with E-state index in [0.717, 1.165) is 18.8 Å². The van der Waals surface area contributed by atoms with Gasteiger partial charge in [0.1, 0.15) is 0 Å². The van der Waals surface area contributed by atoms with Gasteiger partial charge in [0.2, 0.25) is 5.43 Å². The number of aryl methyl sites for hydroxylation is 1. The molecule has 1 aliphatic heterocycles. The lowest BCUT2D eigenvalue weighted by Crippen LogP contribution is -2.48. The topological polar surface area (TPSA) is 58.4 Å². The first-order valence-electron chi connectivity index (χ1n) is 7.70. The maximum Gasteiger partial charge on any atom is 0.278 e. The van der Waals surface area contributed by atoms with Gasteiger partial charge in [0.25, 0.3) is 5.91 Å². The van der Waals surface area contributed by atoms with Gasteiger partial charge >= 0.3 is 0 Å². The predicted molar refractivity (Wildman–Crippen MR) is 88.0 cm³/mol. The molecule has 0 spiro atoms. The fraction of sp³-hybridized carbons (Fsp3) is 0.353. The summed E-state index contributed by atoms with van der Waals surface area (Å²) in [5.74, 6) is -0.284. The number of para-hydroxylation sites is 1. The quantitative estimate of drug-likeness (QED) is 0.828. The first-order chi connectivity index (χ1) is 11.1. The van der Waals surface area contributed by atoms with Crippen molar-refractivity contribution in [3.05, 3.63) is 58.0 Å². The molecule has 0 aliphatic carbocycles. The van der Waals surface area contributed by atoms with Gasteiger partial charge in [-0.05, 0) is 26.1 Å². The Morgan fingerprint density at radius 3 is 2.39 bits per heavy atom. The van der Waals surface area contributed by atoms with Crippen LogP contribution in [0.4, 0.5) is 0 Å². The Morgan fingerprint density at radius 1 is 1.09 bits per heavy atom. The van der Waals surface area contributed by atoms with Crippen LogP contribution in [-0.4, -0.2) is 58.7 Å². The smallest absolute Gasteiger partial charge is 0.278 e. The molecule has 6 heteroatoms. The Labute approximate surface area is 134 Å². The van der Waals surface area contributed by atoms with Gasteiger partial charge in [-0.15, -0.1) is 0 Å². The molecule has 1 fully saturated rings. The number of hydrogen-bond acceptors (Lipinski definition) is 4. The first kappa shape index (κ1) is 15.4. The molecular formula is C17H20N4O2. The highest BCUT2D eigenvalue weighted by atomic mass is 16.2. The molecule has 120 valence electrons. The monoisotopic (exact) mass is 312 g/mol. The van der Waals surface area contributed by atoms with Crippen molar-refractivity contribution >= 4 is 5.91 Å². The Hall–Kier alpha value is -2.47. The standard InChI is InChI=1S/C17H20N4O2/c1-13-12-15(22)16(17(23)20-10-8-19(2)9-11-20)18-21(13)14-6-4-3-5-7-14/h3-7,12H,8-11H2,1-2H3. The van der Waals surface area contributed by atoms with Crippen LogP contribution in [0.3, 0.4) is 0 Å². The van der Waals surface area contributed by atoms with Crippen LogP contribution < -0.4 is 5.43 Å². The van der Waals surface area contributed by atoms with Crippen LogP contribution >= 0.6 is 0 Å². The van der Waals surface area contributed by atoms with Gasteiger partial charge in [-0.2, -0.15) is 5.10 Å². The van der Waals surface area contributed by atoms with Crippen LogP contribution in [0, 0.1) is 6.92 Å². The summed E-state index contributed by atoms with van der Waals surface area (Å²) in [4.78, 5) is 28.8. The largest absolute Gasteiger partial charge is 0.335 e. The van der Waals surface area contributed by atoms with Gasteiger partial charge in [-0.25, -0.2) is 4.68 Å². The number of aromatic nitrogens is 2. The van der Waals surface area contributed by atoms with Crippen LogP contribution in [0.1, 0.15) is 16.2 Å². The van der Waals surface area contributed by atoms with E-state index in [0.29, 0.717) is 18.8 Å². The van der Waals surface area contributed by atoms with Gasteiger partial charge in [0.05, 0.1) is 5.69 Å². The number of hydrogen-bond donors (Lipinski definition) is 0. The van der Waals surface area contributed by atoms with Crippen LogP contribution in [-0.2, 0) is 0 Å². The minimum atomic E-state index is -0.321. The van der Waals surface area contributed by atoms with Crippen LogP contribution in [0.5, 0.6) is 0 Å². The zero-order chi connectivity index (χ0) is 16.4. The number of carbonyl (C=O) groups excluding carboxylic acids is 1. The van der Waals surface area contributed by atoms with E-state index in [2.05, 4.69) is 10.00 Å². The van der Waals surface area contributed by atoms with Crippen LogP contribution in [0.25, 0.3) is 5.69 Å². The molecule has 0 N–H and O–H groups in total. The highest BCUT2D eigenvalue weighted by molar-refractivity contribution is 5.92. The molecule has 2 aromatic rings. The molecule has 0 radical (unpaired) electrons. The first-order valence-corrected chi connectivity index (χ1v) is 7.70. The molecule has 1 saturated heterocycles. The fourth-order valence-electron chi connectivity index (χ4n) is 2.69. The maximum atomic E-state index is 12.7. The van der Waals surface area contributed by atoms with E-state index in [9.17, 15) is 9.59 Å². The SMILES string of the molecule is Cc1cc(=O)c(C(=O)N2CCN(C)CC2)nn1-c1ccccc1. The molecule has 1 amide bonds. The molecule has 0 bridgehead atoms. The summed E-state index contributed by atoms with van der Waals surface area (Å²) >= 11 is 0. The van der Waals surface area contributed by atoms with E-state index in [4.69, 9.17) is 0 Å². The predicted octanol–water partition coefficient (Wildman–Crippen LogP) is 0.929. The molecular weight excluding hydrogens is 292 g/mol. The summed E-state index contributed by atoms with van der Waals surface area (Å²) in [6.45, 7) is 4.67. The molecule has 1 aliphatic rings. The zero-order valence-electron chi connectivity index (χ0n) is 13.4. The highest BCUT2D eigenvalue weighted by Gasteiger charge is 2.24. The van der Waals surface area contributed by atoms with Crippen LogP contribution in [0.2, 0.25) is 0 Å². The summed E-state index contributed by atoms with van der Waals surface area (Å²) in [5.41, 5.74) is 1.20. The third-order valence-electron chi connectivity index (χ3n) is 4.10. The summed E-state index contributed by atoms with van der Waals surface area (Å²) in [5, 5.41) is 4.34.